The van der Waals surface area contributed by atoms with Crippen LogP contribution in [0.3, 0.4) is 0 Å². The lowest BCUT2D eigenvalue weighted by atomic mass is 10.3. The van der Waals surface area contributed by atoms with Crippen LogP contribution in [0, 0.1) is 0 Å². The van der Waals surface area contributed by atoms with E-state index in [1.165, 1.54) is 6.21 Å². The molecule has 0 fully saturated rings. The summed E-state index contributed by atoms with van der Waals surface area (Å²) in [6.45, 7) is 0.0803. The number of carbonyl (C=O) groups is 1. The Balaban J connectivity index is 2.25. The van der Waals surface area contributed by atoms with Crippen molar-refractivity contribution < 1.29 is 14.7 Å². The van der Waals surface area contributed by atoms with Crippen LogP contribution in [0.2, 0.25) is 0 Å². The Morgan fingerprint density at radius 2 is 2.29 bits per heavy atom. The molecule has 0 amide bonds. The number of hydrogen-bond donors (Lipinski definition) is 1. The highest BCUT2D eigenvalue weighted by Crippen LogP contribution is 1.91. The van der Waals surface area contributed by atoms with Crippen molar-refractivity contribution in [3.8, 4) is 0 Å². The molecule has 1 rings (SSSR count). The lowest BCUT2D eigenvalue weighted by Crippen LogP contribution is -1.99. The molecule has 0 radical (unpaired) electrons. The number of hydrogen-bond acceptors (Lipinski definition) is 4. The molecule has 1 heterocycles. The highest BCUT2D eigenvalue weighted by atomic mass is 16.6. The number of aromatic nitrogens is 1. The molecule has 1 aromatic heterocycles. The SMILES string of the molecule is O=C(O)CCO/N=C/c1ccncc1. The fraction of sp³-hybridized carbons (Fsp3) is 0.222. The molecule has 0 bridgehead atoms. The van der Waals surface area contributed by atoms with Gasteiger partial charge >= 0.3 is 5.97 Å². The van der Waals surface area contributed by atoms with Crippen LogP contribution in [0.4, 0.5) is 0 Å². The van der Waals surface area contributed by atoms with E-state index in [1.54, 1.807) is 24.5 Å². The van der Waals surface area contributed by atoms with Gasteiger partial charge in [0.1, 0.15) is 6.61 Å². The Labute approximate surface area is 81.0 Å². The van der Waals surface area contributed by atoms with Crippen molar-refractivity contribution in [2.75, 3.05) is 6.61 Å². The van der Waals surface area contributed by atoms with E-state index in [-0.39, 0.29) is 13.0 Å². The number of rotatable bonds is 5. The predicted octanol–water partition coefficient (Wildman–Crippen LogP) is 0.907. The average Bonchev–Trinajstić information content (AvgIpc) is 2.18. The summed E-state index contributed by atoms with van der Waals surface area (Å²) in [5, 5.41) is 11.9. The number of nitrogens with zero attached hydrogens (tertiary/aromatic N) is 2. The Kier molecular flexibility index (Phi) is 4.13. The van der Waals surface area contributed by atoms with Gasteiger partial charge in [-0.05, 0) is 17.7 Å². The molecule has 1 N–H and O–H groups in total. The van der Waals surface area contributed by atoms with Crippen LogP contribution >= 0.6 is 0 Å². The second kappa shape index (κ2) is 5.69. The van der Waals surface area contributed by atoms with E-state index in [9.17, 15) is 4.79 Å². The summed E-state index contributed by atoms with van der Waals surface area (Å²) in [4.78, 5) is 18.6. The van der Waals surface area contributed by atoms with E-state index >= 15 is 0 Å². The Morgan fingerprint density at radius 3 is 2.93 bits per heavy atom. The van der Waals surface area contributed by atoms with Crippen molar-refractivity contribution in [3.63, 3.8) is 0 Å². The summed E-state index contributed by atoms with van der Waals surface area (Å²) < 4.78 is 0. The van der Waals surface area contributed by atoms with Gasteiger partial charge in [-0.25, -0.2) is 0 Å². The summed E-state index contributed by atoms with van der Waals surface area (Å²) in [5.41, 5.74) is 0.857. The maximum absolute atomic E-state index is 10.1. The minimum Gasteiger partial charge on any atom is -0.481 e. The first kappa shape index (κ1) is 10.2. The van der Waals surface area contributed by atoms with Crippen molar-refractivity contribution in [2.24, 2.45) is 5.16 Å². The first-order valence-corrected chi connectivity index (χ1v) is 4.06. The quantitative estimate of drug-likeness (QED) is 0.429. The van der Waals surface area contributed by atoms with Crippen LogP contribution < -0.4 is 0 Å². The van der Waals surface area contributed by atoms with Gasteiger partial charge in [0.15, 0.2) is 0 Å². The Morgan fingerprint density at radius 1 is 1.57 bits per heavy atom. The first-order valence-electron chi connectivity index (χ1n) is 4.06. The van der Waals surface area contributed by atoms with Gasteiger partial charge in [0.2, 0.25) is 0 Å². The molecule has 0 aliphatic heterocycles. The molecule has 74 valence electrons. The molecule has 14 heavy (non-hydrogen) atoms. The molecule has 0 atom stereocenters. The number of oxime groups is 1. The highest BCUT2D eigenvalue weighted by Gasteiger charge is 1.94. The minimum atomic E-state index is -0.899. The summed E-state index contributed by atoms with van der Waals surface area (Å²) in [5.74, 6) is -0.899. The molecule has 0 aliphatic rings. The van der Waals surface area contributed by atoms with E-state index < -0.39 is 5.97 Å². The third kappa shape index (κ3) is 4.20. The number of carboxylic acid groups (broad SMARTS) is 1. The zero-order valence-electron chi connectivity index (χ0n) is 7.46. The molecule has 0 saturated carbocycles. The fourth-order valence-electron chi connectivity index (χ4n) is 0.733. The summed E-state index contributed by atoms with van der Waals surface area (Å²) >= 11 is 0. The largest absolute Gasteiger partial charge is 0.481 e. The van der Waals surface area contributed by atoms with Crippen molar-refractivity contribution in [1.29, 1.82) is 0 Å². The van der Waals surface area contributed by atoms with Crippen LogP contribution in [0.5, 0.6) is 0 Å². The number of carboxylic acids is 1. The molecule has 0 spiro atoms. The number of aliphatic carboxylic acids is 1. The predicted molar refractivity (Wildman–Crippen MR) is 50.0 cm³/mol. The fourth-order valence-corrected chi connectivity index (χ4v) is 0.733. The standard InChI is InChI=1S/C9H10N2O3/c12-9(13)3-6-14-11-7-8-1-4-10-5-2-8/h1-2,4-5,7H,3,6H2,(H,12,13)/b11-7+. The molecule has 0 aromatic carbocycles. The summed E-state index contributed by atoms with van der Waals surface area (Å²) in [6.07, 6.45) is 4.73. The van der Waals surface area contributed by atoms with Gasteiger partial charge in [-0.3, -0.25) is 9.78 Å². The van der Waals surface area contributed by atoms with E-state index in [0.717, 1.165) is 5.56 Å². The van der Waals surface area contributed by atoms with Crippen LogP contribution in [-0.4, -0.2) is 28.9 Å². The molecule has 0 saturated heterocycles. The lowest BCUT2D eigenvalue weighted by molar-refractivity contribution is -0.138. The maximum atomic E-state index is 10.1. The van der Waals surface area contributed by atoms with E-state index in [4.69, 9.17) is 9.94 Å². The van der Waals surface area contributed by atoms with Gasteiger partial charge in [-0.2, -0.15) is 0 Å². The third-order valence-electron chi connectivity index (χ3n) is 1.39. The van der Waals surface area contributed by atoms with Crippen molar-refractivity contribution in [2.45, 2.75) is 6.42 Å². The molecule has 0 aliphatic carbocycles. The highest BCUT2D eigenvalue weighted by molar-refractivity contribution is 5.78. The van der Waals surface area contributed by atoms with Crippen molar-refractivity contribution >= 4 is 12.2 Å². The van der Waals surface area contributed by atoms with Gasteiger partial charge in [0.25, 0.3) is 0 Å². The van der Waals surface area contributed by atoms with Gasteiger partial charge in [0.05, 0.1) is 12.6 Å². The second-order valence-electron chi connectivity index (χ2n) is 2.49. The van der Waals surface area contributed by atoms with Crippen molar-refractivity contribution in [1.82, 2.24) is 4.98 Å². The second-order valence-corrected chi connectivity index (χ2v) is 2.49. The molecular formula is C9H10N2O3. The number of pyridine rings is 1. The third-order valence-corrected chi connectivity index (χ3v) is 1.39. The average molecular weight is 194 g/mol. The zero-order chi connectivity index (χ0) is 10.2. The zero-order valence-corrected chi connectivity index (χ0v) is 7.46. The smallest absolute Gasteiger partial charge is 0.306 e. The van der Waals surface area contributed by atoms with Gasteiger partial charge in [-0.15, -0.1) is 0 Å². The van der Waals surface area contributed by atoms with Crippen LogP contribution in [0.15, 0.2) is 29.7 Å². The Hall–Kier alpha value is -1.91. The van der Waals surface area contributed by atoms with Gasteiger partial charge in [0, 0.05) is 12.4 Å². The molecule has 1 aromatic rings. The van der Waals surface area contributed by atoms with Crippen molar-refractivity contribution in [3.05, 3.63) is 30.1 Å². The molecular weight excluding hydrogens is 184 g/mol. The maximum Gasteiger partial charge on any atom is 0.306 e. The summed E-state index contributed by atoms with van der Waals surface area (Å²) in [7, 11) is 0. The Bertz CT molecular complexity index is 311. The van der Waals surface area contributed by atoms with Gasteiger partial charge < -0.3 is 9.94 Å². The first-order chi connectivity index (χ1) is 6.79. The van der Waals surface area contributed by atoms with E-state index in [1.807, 2.05) is 0 Å². The molecule has 0 unspecified atom stereocenters. The van der Waals surface area contributed by atoms with Crippen LogP contribution in [0.1, 0.15) is 12.0 Å². The lowest BCUT2D eigenvalue weighted by Gasteiger charge is -1.94. The topological polar surface area (TPSA) is 71.8 Å². The monoisotopic (exact) mass is 194 g/mol. The van der Waals surface area contributed by atoms with Gasteiger partial charge in [-0.1, -0.05) is 5.16 Å². The summed E-state index contributed by atoms with van der Waals surface area (Å²) in [6, 6.07) is 3.54. The van der Waals surface area contributed by atoms with Crippen LogP contribution in [0.25, 0.3) is 0 Å². The van der Waals surface area contributed by atoms with Crippen LogP contribution in [-0.2, 0) is 9.63 Å². The molecule has 5 nitrogen and oxygen atoms in total. The van der Waals surface area contributed by atoms with E-state index in [0.29, 0.717) is 0 Å². The normalized spacial score (nSPS) is 10.3. The minimum absolute atomic E-state index is 0.0479. The molecule has 5 heteroatoms. The van der Waals surface area contributed by atoms with E-state index in [2.05, 4.69) is 10.1 Å².